The average molecular weight is 225 g/mol. The molecule has 0 aromatic rings. The van der Waals surface area contributed by atoms with Crippen LogP contribution in [0.2, 0.25) is 0 Å². The van der Waals surface area contributed by atoms with Gasteiger partial charge in [-0.3, -0.25) is 0 Å². The molecule has 0 amide bonds. The Kier molecular flexibility index (Phi) is 5.11. The van der Waals surface area contributed by atoms with Crippen LogP contribution in [0.25, 0.3) is 0 Å². The van der Waals surface area contributed by atoms with Crippen molar-refractivity contribution in [3.05, 3.63) is 6.92 Å². The molecular weight excluding hydrogens is 200 g/mol. The third kappa shape index (κ3) is 4.42. The Morgan fingerprint density at radius 1 is 1.25 bits per heavy atom. The number of hydrogen-bond acceptors (Lipinski definition) is 2. The van der Waals surface area contributed by atoms with Gasteiger partial charge in [-0.2, -0.15) is 0 Å². The standard InChI is InChI=1S/C14H25O2/c1-12(13-7-3-2-4-8-13)6-5-9-15-10-14-11-16-14/h12-14H,1-11H2. The molecule has 1 radical (unpaired) electrons. The van der Waals surface area contributed by atoms with E-state index in [1.165, 1.54) is 38.5 Å². The molecule has 1 heterocycles. The van der Waals surface area contributed by atoms with Crippen LogP contribution in [-0.2, 0) is 9.47 Å². The summed E-state index contributed by atoms with van der Waals surface area (Å²) in [6.07, 6.45) is 9.91. The molecule has 16 heavy (non-hydrogen) atoms. The van der Waals surface area contributed by atoms with Gasteiger partial charge in [-0.1, -0.05) is 32.1 Å². The SMILES string of the molecule is [CH2]C(CCCOCC1CO1)C1CCCCC1. The lowest BCUT2D eigenvalue weighted by molar-refractivity contribution is 0.108. The van der Waals surface area contributed by atoms with Crippen LogP contribution in [0, 0.1) is 18.8 Å². The van der Waals surface area contributed by atoms with Crippen LogP contribution in [0.3, 0.4) is 0 Å². The first-order chi connectivity index (χ1) is 7.86. The van der Waals surface area contributed by atoms with Gasteiger partial charge in [0.1, 0.15) is 6.10 Å². The van der Waals surface area contributed by atoms with E-state index in [1.807, 2.05) is 0 Å². The van der Waals surface area contributed by atoms with Crippen molar-refractivity contribution in [3.63, 3.8) is 0 Å². The van der Waals surface area contributed by atoms with Crippen molar-refractivity contribution in [2.24, 2.45) is 11.8 Å². The van der Waals surface area contributed by atoms with Crippen LogP contribution in [0.1, 0.15) is 44.9 Å². The molecule has 2 rings (SSSR count). The highest BCUT2D eigenvalue weighted by atomic mass is 16.6. The Labute approximate surface area is 99.7 Å². The average Bonchev–Trinajstić information content (AvgIpc) is 3.13. The number of ether oxygens (including phenoxy) is 2. The summed E-state index contributed by atoms with van der Waals surface area (Å²) in [7, 11) is 0. The lowest BCUT2D eigenvalue weighted by Gasteiger charge is -2.27. The summed E-state index contributed by atoms with van der Waals surface area (Å²) in [6.45, 7) is 6.91. The van der Waals surface area contributed by atoms with Gasteiger partial charge in [-0.05, 0) is 31.6 Å². The first-order valence-corrected chi connectivity index (χ1v) is 6.88. The van der Waals surface area contributed by atoms with Crippen molar-refractivity contribution < 1.29 is 9.47 Å². The molecule has 2 atom stereocenters. The lowest BCUT2D eigenvalue weighted by atomic mass is 9.79. The summed E-state index contributed by atoms with van der Waals surface area (Å²) < 4.78 is 10.6. The monoisotopic (exact) mass is 225 g/mol. The van der Waals surface area contributed by atoms with E-state index in [4.69, 9.17) is 9.47 Å². The second-order valence-electron chi connectivity index (χ2n) is 5.33. The van der Waals surface area contributed by atoms with Gasteiger partial charge in [0.2, 0.25) is 0 Å². The smallest absolute Gasteiger partial charge is 0.104 e. The number of rotatable bonds is 7. The number of hydrogen-bond donors (Lipinski definition) is 0. The zero-order chi connectivity index (χ0) is 11.2. The van der Waals surface area contributed by atoms with Gasteiger partial charge in [-0.25, -0.2) is 0 Å². The normalized spacial score (nSPS) is 27.9. The second kappa shape index (κ2) is 6.61. The van der Waals surface area contributed by atoms with Gasteiger partial charge in [0, 0.05) is 6.61 Å². The molecule has 2 fully saturated rings. The van der Waals surface area contributed by atoms with Crippen LogP contribution in [0.15, 0.2) is 0 Å². The van der Waals surface area contributed by atoms with E-state index in [-0.39, 0.29) is 0 Å². The van der Waals surface area contributed by atoms with Gasteiger partial charge in [0.15, 0.2) is 0 Å². The van der Waals surface area contributed by atoms with Gasteiger partial charge in [-0.15, -0.1) is 0 Å². The van der Waals surface area contributed by atoms with Crippen LogP contribution >= 0.6 is 0 Å². The summed E-state index contributed by atoms with van der Waals surface area (Å²) in [5.74, 6) is 1.54. The first kappa shape index (κ1) is 12.4. The second-order valence-corrected chi connectivity index (χ2v) is 5.33. The molecule has 2 heteroatoms. The van der Waals surface area contributed by atoms with Gasteiger partial charge in [0.25, 0.3) is 0 Å². The van der Waals surface area contributed by atoms with Crippen LogP contribution in [0.5, 0.6) is 0 Å². The molecule has 2 unspecified atom stereocenters. The highest BCUT2D eigenvalue weighted by Gasteiger charge is 2.22. The molecule has 0 spiro atoms. The van der Waals surface area contributed by atoms with Gasteiger partial charge in [0.05, 0.1) is 13.2 Å². The summed E-state index contributed by atoms with van der Waals surface area (Å²) in [4.78, 5) is 0. The minimum Gasteiger partial charge on any atom is -0.379 e. The molecule has 1 saturated heterocycles. The predicted molar refractivity (Wildman–Crippen MR) is 65.2 cm³/mol. The van der Waals surface area contributed by atoms with Crippen LogP contribution in [0.4, 0.5) is 0 Å². The number of epoxide rings is 1. The maximum atomic E-state index is 5.54. The highest BCUT2D eigenvalue weighted by molar-refractivity contribution is 4.75. The minimum absolute atomic E-state index is 0.411. The molecule has 0 bridgehead atoms. The van der Waals surface area contributed by atoms with E-state index in [0.717, 1.165) is 32.2 Å². The fourth-order valence-corrected chi connectivity index (χ4v) is 2.67. The molecule has 0 N–H and O–H groups in total. The third-order valence-electron chi connectivity index (χ3n) is 3.89. The van der Waals surface area contributed by atoms with Crippen molar-refractivity contribution in [1.82, 2.24) is 0 Å². The molecule has 2 nitrogen and oxygen atoms in total. The Balaban J connectivity index is 1.47. The Morgan fingerprint density at radius 2 is 2.00 bits per heavy atom. The van der Waals surface area contributed by atoms with Crippen molar-refractivity contribution in [2.45, 2.75) is 51.0 Å². The Bertz CT molecular complexity index is 183. The molecule has 93 valence electrons. The predicted octanol–water partition coefficient (Wildman–Crippen LogP) is 3.21. The quantitative estimate of drug-likeness (QED) is 0.490. The highest BCUT2D eigenvalue weighted by Crippen LogP contribution is 2.31. The van der Waals surface area contributed by atoms with Gasteiger partial charge < -0.3 is 9.47 Å². The minimum atomic E-state index is 0.411. The zero-order valence-corrected chi connectivity index (χ0v) is 10.3. The molecule has 0 aromatic carbocycles. The molecule has 2 aliphatic rings. The van der Waals surface area contributed by atoms with E-state index < -0.39 is 0 Å². The summed E-state index contributed by atoms with van der Waals surface area (Å²) >= 11 is 0. The Hall–Kier alpha value is -0.0800. The van der Waals surface area contributed by atoms with E-state index >= 15 is 0 Å². The maximum absolute atomic E-state index is 5.54. The molecule has 1 aliphatic heterocycles. The molecule has 1 aliphatic carbocycles. The van der Waals surface area contributed by atoms with Crippen LogP contribution < -0.4 is 0 Å². The summed E-state index contributed by atoms with van der Waals surface area (Å²) in [5, 5.41) is 0. The van der Waals surface area contributed by atoms with Crippen LogP contribution in [-0.4, -0.2) is 25.9 Å². The van der Waals surface area contributed by atoms with Crippen molar-refractivity contribution in [1.29, 1.82) is 0 Å². The lowest BCUT2D eigenvalue weighted by Crippen LogP contribution is -2.16. The Morgan fingerprint density at radius 3 is 2.69 bits per heavy atom. The van der Waals surface area contributed by atoms with Crippen molar-refractivity contribution in [3.8, 4) is 0 Å². The summed E-state index contributed by atoms with van der Waals surface area (Å²) in [6, 6.07) is 0. The fraction of sp³-hybridized carbons (Fsp3) is 0.929. The largest absolute Gasteiger partial charge is 0.379 e. The zero-order valence-electron chi connectivity index (χ0n) is 10.3. The molecule has 0 aromatic heterocycles. The van der Waals surface area contributed by atoms with E-state index in [1.54, 1.807) is 0 Å². The van der Waals surface area contributed by atoms with Crippen molar-refractivity contribution in [2.75, 3.05) is 19.8 Å². The first-order valence-electron chi connectivity index (χ1n) is 6.88. The molecule has 1 saturated carbocycles. The summed E-state index contributed by atoms with van der Waals surface area (Å²) in [5.41, 5.74) is 0. The topological polar surface area (TPSA) is 21.8 Å². The third-order valence-corrected chi connectivity index (χ3v) is 3.89. The van der Waals surface area contributed by atoms with E-state index in [9.17, 15) is 0 Å². The van der Waals surface area contributed by atoms with E-state index in [2.05, 4.69) is 6.92 Å². The maximum Gasteiger partial charge on any atom is 0.104 e. The van der Waals surface area contributed by atoms with Gasteiger partial charge >= 0.3 is 0 Å². The fourth-order valence-electron chi connectivity index (χ4n) is 2.67. The van der Waals surface area contributed by atoms with E-state index in [0.29, 0.717) is 12.0 Å². The molecular formula is C14H25O2. The van der Waals surface area contributed by atoms with Crippen molar-refractivity contribution >= 4 is 0 Å².